The number of aryl methyl sites for hydroxylation is 1. The molecular weight excluding hydrogens is 396 g/mol. The number of aromatic nitrogens is 4. The van der Waals surface area contributed by atoms with Crippen LogP contribution in [0.2, 0.25) is 0 Å². The lowest BCUT2D eigenvalue weighted by molar-refractivity contribution is 0.216. The van der Waals surface area contributed by atoms with Gasteiger partial charge < -0.3 is 9.88 Å². The minimum Gasteiger partial charge on any atom is -0.354 e. The minimum absolute atomic E-state index is 0.396. The van der Waals surface area contributed by atoms with Crippen LogP contribution in [0, 0.1) is 18.3 Å². The summed E-state index contributed by atoms with van der Waals surface area (Å²) >= 11 is 0. The molecule has 1 fully saturated rings. The van der Waals surface area contributed by atoms with E-state index in [4.69, 9.17) is 5.26 Å². The molecule has 32 heavy (non-hydrogen) atoms. The van der Waals surface area contributed by atoms with Crippen LogP contribution in [0.3, 0.4) is 0 Å². The zero-order valence-electron chi connectivity index (χ0n) is 19.1. The first-order valence-corrected chi connectivity index (χ1v) is 11.6. The highest BCUT2D eigenvalue weighted by molar-refractivity contribution is 5.92. The number of benzene rings is 1. The van der Waals surface area contributed by atoms with Crippen LogP contribution >= 0.6 is 0 Å². The van der Waals surface area contributed by atoms with Gasteiger partial charge in [0, 0.05) is 35.6 Å². The highest BCUT2D eigenvalue weighted by Crippen LogP contribution is 2.39. The number of H-pyrrole nitrogens is 1. The summed E-state index contributed by atoms with van der Waals surface area (Å²) in [5, 5.41) is 14.5. The van der Waals surface area contributed by atoms with Crippen molar-refractivity contribution in [3.05, 3.63) is 53.5 Å². The fraction of sp³-hybridized carbons (Fsp3) is 0.423. The Morgan fingerprint density at radius 2 is 2.03 bits per heavy atom. The third kappa shape index (κ3) is 3.67. The van der Waals surface area contributed by atoms with Crippen molar-refractivity contribution in [2.45, 2.75) is 51.9 Å². The number of hydrogen-bond acceptors (Lipinski definition) is 4. The molecule has 1 aliphatic heterocycles. The van der Waals surface area contributed by atoms with Gasteiger partial charge in [0.15, 0.2) is 5.65 Å². The monoisotopic (exact) mass is 426 g/mol. The Labute approximate surface area is 188 Å². The first kappa shape index (κ1) is 20.7. The van der Waals surface area contributed by atoms with Gasteiger partial charge in [0.2, 0.25) is 0 Å². The van der Waals surface area contributed by atoms with Crippen LogP contribution in [0.5, 0.6) is 0 Å². The van der Waals surface area contributed by atoms with Crippen molar-refractivity contribution in [2.24, 2.45) is 0 Å². The smallest absolute Gasteiger partial charge is 0.155 e. The molecule has 4 aromatic rings. The number of pyridine rings is 1. The van der Waals surface area contributed by atoms with E-state index in [9.17, 15) is 0 Å². The van der Waals surface area contributed by atoms with Gasteiger partial charge in [-0.1, -0.05) is 19.9 Å². The van der Waals surface area contributed by atoms with Crippen LogP contribution < -0.4 is 0 Å². The molecule has 3 aromatic heterocycles. The van der Waals surface area contributed by atoms with E-state index in [0.717, 1.165) is 38.1 Å². The fourth-order valence-electron chi connectivity index (χ4n) is 5.21. The van der Waals surface area contributed by atoms with Gasteiger partial charge in [-0.15, -0.1) is 0 Å². The van der Waals surface area contributed by atoms with Crippen molar-refractivity contribution < 1.29 is 0 Å². The van der Waals surface area contributed by atoms with Gasteiger partial charge in [0.1, 0.15) is 6.33 Å². The molecule has 1 aliphatic rings. The Bertz CT molecular complexity index is 1300. The fourth-order valence-corrected chi connectivity index (χ4v) is 5.21. The third-order valence-corrected chi connectivity index (χ3v) is 6.93. The third-order valence-electron chi connectivity index (χ3n) is 6.93. The predicted molar refractivity (Wildman–Crippen MR) is 128 cm³/mol. The first-order chi connectivity index (χ1) is 15.5. The van der Waals surface area contributed by atoms with Gasteiger partial charge in [-0.3, -0.25) is 0 Å². The van der Waals surface area contributed by atoms with E-state index in [0.29, 0.717) is 18.3 Å². The molecule has 0 radical (unpaired) electrons. The summed E-state index contributed by atoms with van der Waals surface area (Å²) < 4.78 is 1.85. The van der Waals surface area contributed by atoms with Crippen LogP contribution in [-0.4, -0.2) is 44.1 Å². The number of likely N-dealkylation sites (tertiary alicyclic amines) is 1. The molecule has 0 spiro atoms. The number of fused-ring (bicyclic) bond motifs is 2. The van der Waals surface area contributed by atoms with Crippen molar-refractivity contribution >= 4 is 16.6 Å². The highest BCUT2D eigenvalue weighted by Gasteiger charge is 2.23. The summed E-state index contributed by atoms with van der Waals surface area (Å²) in [7, 11) is 0. The molecule has 0 unspecified atom stereocenters. The van der Waals surface area contributed by atoms with Crippen molar-refractivity contribution in [1.29, 1.82) is 5.26 Å². The maximum Gasteiger partial charge on any atom is 0.155 e. The predicted octanol–water partition coefficient (Wildman–Crippen LogP) is 5.40. The van der Waals surface area contributed by atoms with Gasteiger partial charge in [-0.2, -0.15) is 10.4 Å². The standard InChI is InChI=1S/C26H30N6/c1-17(2)25-21-14-20(19-7-11-31(12-8-19)10-4-9-27)5-6-23(21)30-26(25)22-15-32-24(13-18(22)3)28-16-29-32/h5-6,13-17,19,30H,4,7-8,10-12H2,1-3H3. The summed E-state index contributed by atoms with van der Waals surface area (Å²) in [6.45, 7) is 9.75. The highest BCUT2D eigenvalue weighted by atomic mass is 15.3. The molecule has 0 bridgehead atoms. The SMILES string of the molecule is Cc1cc2ncnn2cc1-c1[nH]c2ccc(C3CCN(CCC#N)CC3)cc2c1C(C)C. The summed E-state index contributed by atoms with van der Waals surface area (Å²) in [5.74, 6) is 0.983. The Balaban J connectivity index is 1.52. The van der Waals surface area contributed by atoms with E-state index in [1.807, 2.05) is 4.52 Å². The van der Waals surface area contributed by atoms with Crippen molar-refractivity contribution in [2.75, 3.05) is 19.6 Å². The number of hydrogen-bond donors (Lipinski definition) is 1. The Morgan fingerprint density at radius 3 is 2.78 bits per heavy atom. The number of rotatable bonds is 5. The molecule has 164 valence electrons. The average Bonchev–Trinajstić information content (AvgIpc) is 3.40. The van der Waals surface area contributed by atoms with Crippen LogP contribution in [0.15, 0.2) is 36.8 Å². The van der Waals surface area contributed by atoms with Gasteiger partial charge in [-0.05, 0) is 79.6 Å². The molecule has 1 aromatic carbocycles. The van der Waals surface area contributed by atoms with Crippen LogP contribution in [0.1, 0.15) is 61.6 Å². The van der Waals surface area contributed by atoms with E-state index in [1.165, 1.54) is 38.9 Å². The summed E-state index contributed by atoms with van der Waals surface area (Å²) in [5.41, 5.74) is 8.44. The van der Waals surface area contributed by atoms with E-state index in [1.54, 1.807) is 6.33 Å². The molecule has 6 nitrogen and oxygen atoms in total. The molecule has 0 aliphatic carbocycles. The zero-order valence-corrected chi connectivity index (χ0v) is 19.1. The summed E-state index contributed by atoms with van der Waals surface area (Å²) in [6.07, 6.45) is 6.64. The largest absolute Gasteiger partial charge is 0.354 e. The molecule has 5 rings (SSSR count). The second-order valence-electron chi connectivity index (χ2n) is 9.33. The number of nitrogens with zero attached hydrogens (tertiary/aromatic N) is 5. The lowest BCUT2D eigenvalue weighted by atomic mass is 9.87. The quantitative estimate of drug-likeness (QED) is 0.463. The first-order valence-electron chi connectivity index (χ1n) is 11.6. The van der Waals surface area contributed by atoms with Crippen molar-refractivity contribution in [1.82, 2.24) is 24.5 Å². The minimum atomic E-state index is 0.396. The van der Waals surface area contributed by atoms with Crippen molar-refractivity contribution in [3.63, 3.8) is 0 Å². The number of nitrogens with one attached hydrogen (secondary N) is 1. The van der Waals surface area contributed by atoms with Gasteiger partial charge in [0.25, 0.3) is 0 Å². The lowest BCUT2D eigenvalue weighted by Gasteiger charge is -2.31. The second-order valence-corrected chi connectivity index (χ2v) is 9.33. The summed E-state index contributed by atoms with van der Waals surface area (Å²) in [6, 6.07) is 11.3. The number of piperidine rings is 1. The van der Waals surface area contributed by atoms with Gasteiger partial charge in [0.05, 0.1) is 11.8 Å². The van der Waals surface area contributed by atoms with Gasteiger partial charge >= 0.3 is 0 Å². The summed E-state index contributed by atoms with van der Waals surface area (Å²) in [4.78, 5) is 10.5. The van der Waals surface area contributed by atoms with E-state index >= 15 is 0 Å². The van der Waals surface area contributed by atoms with Crippen LogP contribution in [-0.2, 0) is 0 Å². The lowest BCUT2D eigenvalue weighted by Crippen LogP contribution is -2.33. The topological polar surface area (TPSA) is 73.0 Å². The molecule has 1 saturated heterocycles. The molecule has 1 N–H and O–H groups in total. The molecule has 0 amide bonds. The zero-order chi connectivity index (χ0) is 22.2. The maximum absolute atomic E-state index is 8.85. The average molecular weight is 427 g/mol. The molecule has 0 saturated carbocycles. The Kier molecular flexibility index (Phi) is 5.44. The van der Waals surface area contributed by atoms with E-state index in [2.05, 4.69) is 77.3 Å². The van der Waals surface area contributed by atoms with Gasteiger partial charge in [-0.25, -0.2) is 9.50 Å². The van der Waals surface area contributed by atoms with Crippen LogP contribution in [0.4, 0.5) is 0 Å². The van der Waals surface area contributed by atoms with E-state index in [-0.39, 0.29) is 0 Å². The Hall–Kier alpha value is -3.17. The van der Waals surface area contributed by atoms with Crippen LogP contribution in [0.25, 0.3) is 27.8 Å². The molecule has 6 heteroatoms. The molecule has 4 heterocycles. The number of aromatic amines is 1. The molecular formula is C26H30N6. The second kappa shape index (κ2) is 8.40. The maximum atomic E-state index is 8.85. The normalized spacial score (nSPS) is 15.7. The Morgan fingerprint density at radius 1 is 1.22 bits per heavy atom. The number of nitriles is 1. The molecule has 0 atom stereocenters. The van der Waals surface area contributed by atoms with Crippen molar-refractivity contribution in [3.8, 4) is 17.3 Å². The van der Waals surface area contributed by atoms with E-state index < -0.39 is 0 Å².